The molecule has 0 saturated heterocycles. The fourth-order valence-corrected chi connectivity index (χ4v) is 2.74. The molecule has 1 heteroatoms. The molecule has 0 amide bonds. The molecule has 0 atom stereocenters. The summed E-state index contributed by atoms with van der Waals surface area (Å²) >= 11 is 0. The van der Waals surface area contributed by atoms with Gasteiger partial charge in [-0.1, -0.05) is 23.8 Å². The summed E-state index contributed by atoms with van der Waals surface area (Å²) in [5.41, 5.74) is 5.34. The molecule has 1 aromatic heterocycles. The second-order valence-corrected chi connectivity index (χ2v) is 5.32. The normalized spacial score (nSPS) is 13.8. The number of fused-ring (bicyclic) bond motifs is 1. The molecule has 0 bridgehead atoms. The van der Waals surface area contributed by atoms with Crippen LogP contribution in [0.3, 0.4) is 0 Å². The van der Waals surface area contributed by atoms with Gasteiger partial charge >= 0.3 is 0 Å². The quantitative estimate of drug-likeness (QED) is 0.579. The largest absolute Gasteiger partial charge is 0.213 e. The highest BCUT2D eigenvalue weighted by Crippen LogP contribution is 2.26. The van der Waals surface area contributed by atoms with E-state index in [1.807, 2.05) is 33.0 Å². The first-order chi connectivity index (χ1) is 10.8. The molecule has 0 fully saturated rings. The van der Waals surface area contributed by atoms with Crippen LogP contribution in [0.5, 0.6) is 0 Å². The van der Waals surface area contributed by atoms with E-state index in [9.17, 15) is 0 Å². The maximum Gasteiger partial charge on any atom is 0.213 e. The van der Waals surface area contributed by atoms with E-state index in [1.165, 1.54) is 5.39 Å². The van der Waals surface area contributed by atoms with Gasteiger partial charge in [-0.05, 0) is 50.0 Å². The molecule has 2 aromatic carbocycles. The number of benzene rings is 2. The van der Waals surface area contributed by atoms with Gasteiger partial charge in [0.25, 0.3) is 0 Å². The van der Waals surface area contributed by atoms with Crippen molar-refractivity contribution in [1.29, 1.82) is 0 Å². The lowest BCUT2D eigenvalue weighted by atomic mass is 9.97. The van der Waals surface area contributed by atoms with Crippen molar-refractivity contribution < 1.29 is 8.68 Å². The maximum atomic E-state index is 7.78. The summed E-state index contributed by atoms with van der Waals surface area (Å²) < 4.78 is 25.5. The van der Waals surface area contributed by atoms with Crippen LogP contribution in [0.15, 0.2) is 48.5 Å². The lowest BCUT2D eigenvalue weighted by Crippen LogP contribution is -2.32. The second-order valence-electron chi connectivity index (χ2n) is 5.32. The summed E-state index contributed by atoms with van der Waals surface area (Å²) in [6.07, 6.45) is 0. The molecule has 0 aliphatic carbocycles. The lowest BCUT2D eigenvalue weighted by molar-refractivity contribution is -0.633. The fourth-order valence-electron chi connectivity index (χ4n) is 2.74. The third-order valence-electron chi connectivity index (χ3n) is 3.91. The Morgan fingerprint density at radius 3 is 2.60 bits per heavy atom. The number of para-hydroxylation sites is 1. The number of rotatable bonds is 1. The minimum atomic E-state index is -2.10. The Labute approximate surface area is 124 Å². The Hall–Kier alpha value is -2.15. The minimum Gasteiger partial charge on any atom is -0.194 e. The van der Waals surface area contributed by atoms with Crippen LogP contribution in [0.4, 0.5) is 0 Å². The Morgan fingerprint density at radius 1 is 1.00 bits per heavy atom. The number of nitrogens with zero attached hydrogens (tertiary/aromatic N) is 1. The summed E-state index contributed by atoms with van der Waals surface area (Å²) in [6.45, 7) is 1.74. The molecule has 20 heavy (non-hydrogen) atoms. The highest BCUT2D eigenvalue weighted by Gasteiger charge is 2.16. The van der Waals surface area contributed by atoms with E-state index in [-0.39, 0.29) is 0 Å². The molecular formula is C19H20N+. The van der Waals surface area contributed by atoms with Gasteiger partial charge in [-0.15, -0.1) is 0 Å². The highest BCUT2D eigenvalue weighted by atomic mass is 14.9. The number of hydrogen-bond donors (Lipinski definition) is 0. The molecule has 3 rings (SSSR count). The summed E-state index contributed by atoms with van der Waals surface area (Å²) in [5, 5.41) is 1.17. The van der Waals surface area contributed by atoms with E-state index >= 15 is 0 Å². The van der Waals surface area contributed by atoms with Crippen molar-refractivity contribution in [3.05, 3.63) is 65.2 Å². The molecule has 0 saturated carbocycles. The van der Waals surface area contributed by atoms with Gasteiger partial charge < -0.3 is 0 Å². The first-order valence-electron chi connectivity index (χ1n) is 8.29. The third kappa shape index (κ3) is 2.00. The first kappa shape index (κ1) is 9.71. The van der Waals surface area contributed by atoms with Gasteiger partial charge in [0.15, 0.2) is 0 Å². The number of pyridine rings is 1. The van der Waals surface area contributed by atoms with Crippen molar-refractivity contribution >= 4 is 10.9 Å². The van der Waals surface area contributed by atoms with Gasteiger partial charge in [0, 0.05) is 27.2 Å². The molecular weight excluding hydrogens is 242 g/mol. The number of aryl methyl sites for hydroxylation is 3. The summed E-state index contributed by atoms with van der Waals surface area (Å²) in [5.74, 6) is 0. The fraction of sp³-hybridized carbons (Fsp3) is 0.211. The molecule has 1 heterocycles. The van der Waals surface area contributed by atoms with E-state index in [2.05, 4.69) is 34.9 Å². The zero-order valence-corrected chi connectivity index (χ0v) is 12.1. The van der Waals surface area contributed by atoms with E-state index < -0.39 is 6.85 Å². The lowest BCUT2D eigenvalue weighted by Gasteiger charge is -2.10. The van der Waals surface area contributed by atoms with Crippen molar-refractivity contribution in [2.45, 2.75) is 20.7 Å². The van der Waals surface area contributed by atoms with Crippen LogP contribution in [-0.2, 0) is 7.05 Å². The number of aromatic nitrogens is 1. The van der Waals surface area contributed by atoms with Crippen LogP contribution in [0.25, 0.3) is 22.2 Å². The van der Waals surface area contributed by atoms with Gasteiger partial charge in [0.2, 0.25) is 11.2 Å². The Kier molecular flexibility index (Phi) is 2.31. The molecule has 0 spiro atoms. The standard InChI is InChI=1S/C19H20N/c1-13-11-14(2)15(3)17(12-13)19-10-9-16-7-5-6-8-18(16)20(19)4/h5-12H,1-4H3/q+1/i2D3. The molecule has 100 valence electrons. The average molecular weight is 265 g/mol. The molecule has 0 unspecified atom stereocenters. The predicted octanol–water partition coefficient (Wildman–Crippen LogP) is 4.26. The average Bonchev–Trinajstić information content (AvgIpc) is 2.49. The minimum absolute atomic E-state index is 0.431. The first-order valence-corrected chi connectivity index (χ1v) is 6.79. The second kappa shape index (κ2) is 4.75. The SMILES string of the molecule is [2H]C([2H])([2H])c1cc(C)cc(-c2ccc3ccccc3[n+]2C)c1C. The van der Waals surface area contributed by atoms with E-state index in [0.717, 1.165) is 27.9 Å². The third-order valence-corrected chi connectivity index (χ3v) is 3.91. The van der Waals surface area contributed by atoms with Gasteiger partial charge in [-0.3, -0.25) is 0 Å². The molecule has 0 aliphatic heterocycles. The van der Waals surface area contributed by atoms with Crippen LogP contribution in [-0.4, -0.2) is 0 Å². The number of hydrogen-bond acceptors (Lipinski definition) is 0. The van der Waals surface area contributed by atoms with Crippen LogP contribution >= 0.6 is 0 Å². The zero-order valence-electron chi connectivity index (χ0n) is 15.1. The van der Waals surface area contributed by atoms with Crippen molar-refractivity contribution in [3.8, 4) is 11.3 Å². The van der Waals surface area contributed by atoms with E-state index in [4.69, 9.17) is 4.11 Å². The predicted molar refractivity (Wildman–Crippen MR) is 84.8 cm³/mol. The van der Waals surface area contributed by atoms with E-state index in [1.54, 1.807) is 6.07 Å². The highest BCUT2D eigenvalue weighted by molar-refractivity contribution is 5.78. The van der Waals surface area contributed by atoms with Crippen molar-refractivity contribution in [2.75, 3.05) is 0 Å². The maximum absolute atomic E-state index is 7.78. The van der Waals surface area contributed by atoms with Gasteiger partial charge in [0.05, 0.1) is 0 Å². The van der Waals surface area contributed by atoms with Crippen LogP contribution in [0.2, 0.25) is 0 Å². The van der Waals surface area contributed by atoms with Crippen molar-refractivity contribution in [2.24, 2.45) is 7.05 Å². The Bertz CT molecular complexity index is 895. The zero-order chi connectivity index (χ0) is 16.8. The summed E-state index contributed by atoms with van der Waals surface area (Å²) in [4.78, 5) is 0. The van der Waals surface area contributed by atoms with Crippen LogP contribution < -0.4 is 4.57 Å². The van der Waals surface area contributed by atoms with E-state index in [0.29, 0.717) is 5.56 Å². The van der Waals surface area contributed by atoms with Gasteiger partial charge in [-0.2, -0.15) is 4.57 Å². The Morgan fingerprint density at radius 2 is 1.80 bits per heavy atom. The smallest absolute Gasteiger partial charge is 0.194 e. The molecule has 3 aromatic rings. The monoisotopic (exact) mass is 265 g/mol. The van der Waals surface area contributed by atoms with Gasteiger partial charge in [-0.25, -0.2) is 0 Å². The molecule has 0 radical (unpaired) electrons. The Balaban J connectivity index is 2.31. The summed E-state index contributed by atoms with van der Waals surface area (Å²) in [7, 11) is 2.02. The summed E-state index contributed by atoms with van der Waals surface area (Å²) in [6, 6.07) is 16.2. The molecule has 1 nitrogen and oxygen atoms in total. The van der Waals surface area contributed by atoms with Gasteiger partial charge in [0.1, 0.15) is 7.05 Å². The van der Waals surface area contributed by atoms with Crippen molar-refractivity contribution in [3.63, 3.8) is 0 Å². The van der Waals surface area contributed by atoms with Crippen LogP contribution in [0.1, 0.15) is 20.8 Å². The molecule has 0 N–H and O–H groups in total. The van der Waals surface area contributed by atoms with Crippen molar-refractivity contribution in [1.82, 2.24) is 0 Å². The molecule has 0 aliphatic rings. The topological polar surface area (TPSA) is 3.88 Å². The van der Waals surface area contributed by atoms with Crippen LogP contribution in [0, 0.1) is 20.7 Å².